The maximum absolute atomic E-state index is 10.7. The summed E-state index contributed by atoms with van der Waals surface area (Å²) in [5.41, 5.74) is 0.614. The molecule has 0 saturated heterocycles. The zero-order chi connectivity index (χ0) is 13.5. The van der Waals surface area contributed by atoms with Gasteiger partial charge in [0.15, 0.2) is 0 Å². The second kappa shape index (κ2) is 6.65. The monoisotopic (exact) mass is 267 g/mol. The first-order valence-electron chi connectivity index (χ1n) is 5.12. The third-order valence-corrected chi connectivity index (χ3v) is 2.91. The highest BCUT2D eigenvalue weighted by Crippen LogP contribution is 2.15. The Morgan fingerprint density at radius 3 is 2.94 bits per heavy atom. The molecule has 0 unspecified atom stereocenters. The van der Waals surface area contributed by atoms with E-state index in [4.69, 9.17) is 9.84 Å². The van der Waals surface area contributed by atoms with Crippen molar-refractivity contribution < 1.29 is 14.6 Å². The van der Waals surface area contributed by atoms with Gasteiger partial charge in [-0.15, -0.1) is 11.3 Å². The molecule has 7 heteroatoms. The van der Waals surface area contributed by atoms with Gasteiger partial charge in [0.25, 0.3) is 0 Å². The van der Waals surface area contributed by atoms with Gasteiger partial charge < -0.3 is 9.84 Å². The summed E-state index contributed by atoms with van der Waals surface area (Å²) < 4.78 is 5.24. The fraction of sp³-hybridized carbons (Fsp3) is 0.273. The number of thiazole rings is 1. The number of rotatable bonds is 6. The zero-order valence-electron chi connectivity index (χ0n) is 10.1. The molecule has 1 aromatic rings. The number of hydrogen-bond donors (Lipinski definition) is 1. The molecule has 0 fully saturated rings. The van der Waals surface area contributed by atoms with Crippen molar-refractivity contribution in [2.45, 2.75) is 13.8 Å². The van der Waals surface area contributed by atoms with Crippen molar-refractivity contribution in [3.63, 3.8) is 0 Å². The zero-order valence-corrected chi connectivity index (χ0v) is 10.9. The Labute approximate surface area is 108 Å². The smallest absolute Gasteiger partial charge is 0.365 e. The third-order valence-electron chi connectivity index (χ3n) is 1.82. The molecular weight excluding hydrogens is 254 g/mol. The van der Waals surface area contributed by atoms with Crippen molar-refractivity contribution in [3.05, 3.63) is 28.2 Å². The van der Waals surface area contributed by atoms with Crippen LogP contribution in [0.4, 0.5) is 0 Å². The highest BCUT2D eigenvalue weighted by Gasteiger charge is 2.11. The average Bonchev–Trinajstić information content (AvgIpc) is 2.79. The maximum Gasteiger partial charge on any atom is 0.365 e. The molecule has 1 heterocycles. The van der Waals surface area contributed by atoms with Gasteiger partial charge in [0, 0.05) is 6.20 Å². The van der Waals surface area contributed by atoms with Crippen molar-refractivity contribution in [1.29, 1.82) is 0 Å². The number of hydrogen-bond acceptors (Lipinski definition) is 6. The standard InChI is InChI=1S/C11H13N3O3S/c1-4-17-9(6-12-3)14-7(2)8-5-13-10(18-8)11(15)16/h5-6H,3-4H2,1-2H3,(H,15,16)/b9-6+,14-7?. The molecule has 0 aromatic carbocycles. The van der Waals surface area contributed by atoms with Gasteiger partial charge in [-0.25, -0.2) is 14.8 Å². The summed E-state index contributed by atoms with van der Waals surface area (Å²) in [4.78, 5) is 22.9. The van der Waals surface area contributed by atoms with Gasteiger partial charge in [0.05, 0.1) is 23.4 Å². The Balaban J connectivity index is 2.96. The highest BCUT2D eigenvalue weighted by atomic mass is 32.1. The first kappa shape index (κ1) is 14.0. The minimum absolute atomic E-state index is 0.0309. The Morgan fingerprint density at radius 2 is 2.44 bits per heavy atom. The van der Waals surface area contributed by atoms with E-state index in [2.05, 4.69) is 21.7 Å². The van der Waals surface area contributed by atoms with Crippen LogP contribution in [0.5, 0.6) is 0 Å². The second-order valence-electron chi connectivity index (χ2n) is 3.11. The molecular formula is C11H13N3O3S. The van der Waals surface area contributed by atoms with E-state index in [0.29, 0.717) is 23.1 Å². The minimum Gasteiger partial charge on any atom is -0.477 e. The molecule has 0 spiro atoms. The summed E-state index contributed by atoms with van der Waals surface area (Å²) in [6.45, 7) is 7.36. The molecule has 0 aliphatic rings. The molecule has 0 atom stereocenters. The normalized spacial score (nSPS) is 12.3. The molecule has 0 bridgehead atoms. The molecule has 1 aromatic heterocycles. The number of nitrogens with zero attached hydrogens (tertiary/aromatic N) is 3. The predicted molar refractivity (Wildman–Crippen MR) is 70.5 cm³/mol. The van der Waals surface area contributed by atoms with Crippen LogP contribution < -0.4 is 0 Å². The van der Waals surface area contributed by atoms with E-state index in [1.807, 2.05) is 6.92 Å². The number of carboxylic acid groups (broad SMARTS) is 1. The number of carboxylic acids is 1. The van der Waals surface area contributed by atoms with Gasteiger partial charge in [-0.05, 0) is 20.6 Å². The van der Waals surface area contributed by atoms with Gasteiger partial charge >= 0.3 is 5.97 Å². The molecule has 0 aliphatic heterocycles. The molecule has 6 nitrogen and oxygen atoms in total. The van der Waals surface area contributed by atoms with E-state index in [0.717, 1.165) is 11.3 Å². The summed E-state index contributed by atoms with van der Waals surface area (Å²) in [5.74, 6) is -0.720. The second-order valence-corrected chi connectivity index (χ2v) is 4.15. The van der Waals surface area contributed by atoms with E-state index in [9.17, 15) is 4.79 Å². The van der Waals surface area contributed by atoms with Crippen LogP contribution in [0.25, 0.3) is 0 Å². The lowest BCUT2D eigenvalue weighted by molar-refractivity contribution is 0.0696. The number of aromatic carboxylic acids is 1. The van der Waals surface area contributed by atoms with Crippen molar-refractivity contribution >= 4 is 29.7 Å². The summed E-state index contributed by atoms with van der Waals surface area (Å²) >= 11 is 1.06. The van der Waals surface area contributed by atoms with Crippen LogP contribution in [-0.2, 0) is 4.74 Å². The van der Waals surface area contributed by atoms with Crippen LogP contribution in [0.1, 0.15) is 28.5 Å². The Kier molecular flexibility index (Phi) is 5.19. The molecule has 1 rings (SSSR count). The third kappa shape index (κ3) is 3.77. The van der Waals surface area contributed by atoms with Crippen LogP contribution in [0, 0.1) is 0 Å². The lowest BCUT2D eigenvalue weighted by Crippen LogP contribution is -1.95. The Morgan fingerprint density at radius 1 is 1.72 bits per heavy atom. The topological polar surface area (TPSA) is 84.1 Å². The summed E-state index contributed by atoms with van der Waals surface area (Å²) in [6, 6.07) is 0. The van der Waals surface area contributed by atoms with Gasteiger partial charge in [0.2, 0.25) is 10.9 Å². The van der Waals surface area contributed by atoms with E-state index in [1.165, 1.54) is 12.4 Å². The van der Waals surface area contributed by atoms with Gasteiger partial charge in [-0.1, -0.05) is 0 Å². The van der Waals surface area contributed by atoms with E-state index >= 15 is 0 Å². The van der Waals surface area contributed by atoms with Crippen LogP contribution in [0.2, 0.25) is 0 Å². The van der Waals surface area contributed by atoms with Crippen molar-refractivity contribution in [1.82, 2.24) is 4.98 Å². The predicted octanol–water partition coefficient (Wildman–Crippen LogP) is 2.19. The number of aliphatic imine (C=N–C) groups is 2. The molecule has 96 valence electrons. The molecule has 1 N–H and O–H groups in total. The number of carbonyl (C=O) groups is 1. The van der Waals surface area contributed by atoms with Crippen LogP contribution in [0.15, 0.2) is 28.3 Å². The molecule has 0 saturated carbocycles. The van der Waals surface area contributed by atoms with E-state index < -0.39 is 5.97 Å². The van der Waals surface area contributed by atoms with Crippen molar-refractivity contribution in [2.75, 3.05) is 6.61 Å². The molecule has 0 amide bonds. The van der Waals surface area contributed by atoms with E-state index in [-0.39, 0.29) is 5.01 Å². The van der Waals surface area contributed by atoms with E-state index in [1.54, 1.807) is 6.92 Å². The fourth-order valence-corrected chi connectivity index (χ4v) is 1.78. The van der Waals surface area contributed by atoms with Crippen molar-refractivity contribution in [2.24, 2.45) is 9.98 Å². The highest BCUT2D eigenvalue weighted by molar-refractivity contribution is 7.15. The first-order chi connectivity index (χ1) is 8.58. The van der Waals surface area contributed by atoms with Crippen LogP contribution >= 0.6 is 11.3 Å². The average molecular weight is 267 g/mol. The number of ether oxygens (including phenoxy) is 1. The minimum atomic E-state index is -1.05. The molecule has 0 radical (unpaired) electrons. The summed E-state index contributed by atoms with van der Waals surface area (Å²) in [5, 5.41) is 8.81. The first-order valence-corrected chi connectivity index (χ1v) is 5.93. The molecule has 0 aliphatic carbocycles. The lowest BCUT2D eigenvalue weighted by Gasteiger charge is -2.02. The number of aromatic nitrogens is 1. The van der Waals surface area contributed by atoms with Gasteiger partial charge in [0.1, 0.15) is 0 Å². The largest absolute Gasteiger partial charge is 0.477 e. The SMILES string of the molecule is C=N/C=C(\N=C(C)c1cnc(C(=O)O)s1)OCC. The van der Waals surface area contributed by atoms with Crippen LogP contribution in [0.3, 0.4) is 0 Å². The Bertz CT molecular complexity index is 505. The Hall–Kier alpha value is -2.02. The fourth-order valence-electron chi connectivity index (χ4n) is 1.09. The summed E-state index contributed by atoms with van der Waals surface area (Å²) in [6.07, 6.45) is 2.87. The molecule has 18 heavy (non-hydrogen) atoms. The van der Waals surface area contributed by atoms with Crippen LogP contribution in [-0.4, -0.2) is 35.1 Å². The summed E-state index contributed by atoms with van der Waals surface area (Å²) in [7, 11) is 0. The maximum atomic E-state index is 10.7. The van der Waals surface area contributed by atoms with Crippen molar-refractivity contribution in [3.8, 4) is 0 Å². The van der Waals surface area contributed by atoms with Gasteiger partial charge in [-0.3, -0.25) is 4.99 Å². The van der Waals surface area contributed by atoms with Gasteiger partial charge in [-0.2, -0.15) is 0 Å². The quantitative estimate of drug-likeness (QED) is 0.632. The lowest BCUT2D eigenvalue weighted by atomic mass is 10.4.